The van der Waals surface area contributed by atoms with Crippen LogP contribution in [0.3, 0.4) is 0 Å². The molecule has 4 N–H and O–H groups in total. The van der Waals surface area contributed by atoms with Gasteiger partial charge in [-0.25, -0.2) is 0 Å². The van der Waals surface area contributed by atoms with E-state index in [1.165, 1.54) is 0 Å². The molecule has 4 nitrogen and oxygen atoms in total. The first kappa shape index (κ1) is 17.1. The Labute approximate surface area is 168 Å². The van der Waals surface area contributed by atoms with Crippen LogP contribution in [0.4, 0.5) is 11.4 Å². The Bertz CT molecular complexity index is 1380. The molecule has 0 unspecified atom stereocenters. The first-order valence-electron chi connectivity index (χ1n) is 9.40. The van der Waals surface area contributed by atoms with Crippen LogP contribution in [0.5, 0.6) is 0 Å². The molecule has 0 fully saturated rings. The predicted octanol–water partition coefficient (Wildman–Crippen LogP) is 5.43. The molecule has 140 valence electrons. The Morgan fingerprint density at radius 2 is 1.41 bits per heavy atom. The van der Waals surface area contributed by atoms with Crippen LogP contribution in [0.25, 0.3) is 38.6 Å². The smallest absolute Gasteiger partial charge is 0.150 e. The predicted molar refractivity (Wildman–Crippen MR) is 120 cm³/mol. The lowest BCUT2D eigenvalue weighted by Crippen LogP contribution is -1.95. The van der Waals surface area contributed by atoms with Crippen LogP contribution >= 0.6 is 0 Å². The SMILES string of the molecule is Nc1ccc(-c2ccc3c(c2)c2ccc(C=O)cc2n3-c2ccccc2)cc1N. The average Bonchev–Trinajstić information content (AvgIpc) is 3.09. The molecule has 0 saturated heterocycles. The van der Waals surface area contributed by atoms with Crippen LogP contribution in [0, 0.1) is 0 Å². The molecule has 0 bridgehead atoms. The summed E-state index contributed by atoms with van der Waals surface area (Å²) in [5.74, 6) is 0. The molecule has 29 heavy (non-hydrogen) atoms. The van der Waals surface area contributed by atoms with Crippen molar-refractivity contribution in [1.82, 2.24) is 4.57 Å². The molecule has 5 rings (SSSR count). The number of aromatic nitrogens is 1. The number of aldehydes is 1. The summed E-state index contributed by atoms with van der Waals surface area (Å²) in [5, 5.41) is 2.22. The van der Waals surface area contributed by atoms with Crippen LogP contribution in [-0.4, -0.2) is 10.9 Å². The van der Waals surface area contributed by atoms with Crippen molar-refractivity contribution in [3.8, 4) is 16.8 Å². The normalized spacial score (nSPS) is 11.2. The van der Waals surface area contributed by atoms with Gasteiger partial charge < -0.3 is 16.0 Å². The van der Waals surface area contributed by atoms with E-state index in [1.807, 2.05) is 54.6 Å². The minimum absolute atomic E-state index is 0.574. The minimum Gasteiger partial charge on any atom is -0.397 e. The number of anilines is 2. The number of benzene rings is 4. The molecule has 0 saturated carbocycles. The van der Waals surface area contributed by atoms with Crippen molar-refractivity contribution in [3.05, 3.63) is 90.5 Å². The van der Waals surface area contributed by atoms with Gasteiger partial charge in [0.15, 0.2) is 0 Å². The number of hydrogen-bond acceptors (Lipinski definition) is 3. The Hall–Kier alpha value is -4.05. The van der Waals surface area contributed by atoms with Gasteiger partial charge in [0.25, 0.3) is 0 Å². The van der Waals surface area contributed by atoms with E-state index in [4.69, 9.17) is 11.5 Å². The maximum Gasteiger partial charge on any atom is 0.150 e. The Morgan fingerprint density at radius 1 is 0.655 bits per heavy atom. The van der Waals surface area contributed by atoms with Crippen molar-refractivity contribution in [3.63, 3.8) is 0 Å². The summed E-state index contributed by atoms with van der Waals surface area (Å²) in [6.07, 6.45) is 0.884. The van der Waals surface area contributed by atoms with E-state index >= 15 is 0 Å². The zero-order valence-electron chi connectivity index (χ0n) is 15.7. The van der Waals surface area contributed by atoms with E-state index < -0.39 is 0 Å². The molecular weight excluding hydrogens is 358 g/mol. The molecule has 5 aromatic rings. The number of carbonyl (C=O) groups excluding carboxylic acids is 1. The van der Waals surface area contributed by atoms with Gasteiger partial charge >= 0.3 is 0 Å². The summed E-state index contributed by atoms with van der Waals surface area (Å²) in [6, 6.07) is 28.1. The van der Waals surface area contributed by atoms with Gasteiger partial charge in [-0.3, -0.25) is 4.79 Å². The molecule has 0 aliphatic heterocycles. The van der Waals surface area contributed by atoms with Gasteiger partial charge in [0, 0.05) is 22.0 Å². The van der Waals surface area contributed by atoms with E-state index in [2.05, 4.69) is 34.9 Å². The standard InChI is InChI=1S/C25H19N3O/c26-22-10-7-18(14-23(22)27)17-8-11-24-21(13-17)20-9-6-16(15-29)12-25(20)28(24)19-4-2-1-3-5-19/h1-15H,26-27H2. The van der Waals surface area contributed by atoms with Crippen LogP contribution in [-0.2, 0) is 0 Å². The summed E-state index contributed by atoms with van der Waals surface area (Å²) in [5.41, 5.74) is 18.9. The van der Waals surface area contributed by atoms with Crippen molar-refractivity contribution >= 4 is 39.5 Å². The highest BCUT2D eigenvalue weighted by Crippen LogP contribution is 2.36. The third-order valence-corrected chi connectivity index (χ3v) is 5.36. The summed E-state index contributed by atoms with van der Waals surface area (Å²) in [4.78, 5) is 11.4. The maximum atomic E-state index is 11.4. The Morgan fingerprint density at radius 3 is 2.17 bits per heavy atom. The lowest BCUT2D eigenvalue weighted by atomic mass is 10.0. The van der Waals surface area contributed by atoms with E-state index in [1.54, 1.807) is 0 Å². The number of nitrogen functional groups attached to an aromatic ring is 2. The van der Waals surface area contributed by atoms with Gasteiger partial charge in [0.1, 0.15) is 6.29 Å². The van der Waals surface area contributed by atoms with E-state index in [0.29, 0.717) is 16.9 Å². The monoisotopic (exact) mass is 377 g/mol. The molecule has 0 radical (unpaired) electrons. The number of para-hydroxylation sites is 1. The molecular formula is C25H19N3O. The Kier molecular flexibility index (Phi) is 3.85. The highest BCUT2D eigenvalue weighted by Gasteiger charge is 2.14. The zero-order valence-corrected chi connectivity index (χ0v) is 15.7. The molecule has 1 heterocycles. The number of rotatable bonds is 3. The first-order valence-corrected chi connectivity index (χ1v) is 9.40. The molecule has 0 aliphatic carbocycles. The summed E-state index contributed by atoms with van der Waals surface area (Å²) < 4.78 is 2.19. The number of nitrogens with zero attached hydrogens (tertiary/aromatic N) is 1. The summed E-state index contributed by atoms with van der Waals surface area (Å²) in [6.45, 7) is 0. The third kappa shape index (κ3) is 2.74. The van der Waals surface area contributed by atoms with E-state index in [-0.39, 0.29) is 0 Å². The second-order valence-corrected chi connectivity index (χ2v) is 7.14. The van der Waals surface area contributed by atoms with E-state index in [0.717, 1.165) is 44.9 Å². The quantitative estimate of drug-likeness (QED) is 0.325. The lowest BCUT2D eigenvalue weighted by Gasteiger charge is -2.09. The van der Waals surface area contributed by atoms with E-state index in [9.17, 15) is 4.79 Å². The molecule has 4 aromatic carbocycles. The second-order valence-electron chi connectivity index (χ2n) is 7.14. The fourth-order valence-electron chi connectivity index (χ4n) is 3.90. The second kappa shape index (κ2) is 6.53. The fraction of sp³-hybridized carbons (Fsp3) is 0. The Balaban J connectivity index is 1.83. The highest BCUT2D eigenvalue weighted by atomic mass is 16.1. The molecule has 0 spiro atoms. The number of hydrogen-bond donors (Lipinski definition) is 2. The third-order valence-electron chi connectivity index (χ3n) is 5.36. The number of fused-ring (bicyclic) bond motifs is 3. The first-order chi connectivity index (χ1) is 14.2. The molecule has 0 atom stereocenters. The molecule has 0 amide bonds. The van der Waals surface area contributed by atoms with Gasteiger partial charge in [-0.2, -0.15) is 0 Å². The minimum atomic E-state index is 0.574. The summed E-state index contributed by atoms with van der Waals surface area (Å²) in [7, 11) is 0. The van der Waals surface area contributed by atoms with Gasteiger partial charge in [-0.05, 0) is 53.6 Å². The number of carbonyl (C=O) groups is 1. The lowest BCUT2D eigenvalue weighted by molar-refractivity contribution is 0.112. The molecule has 4 heteroatoms. The van der Waals surface area contributed by atoms with Crippen molar-refractivity contribution in [2.45, 2.75) is 0 Å². The van der Waals surface area contributed by atoms with Gasteiger partial charge in [0.2, 0.25) is 0 Å². The van der Waals surface area contributed by atoms with Gasteiger partial charge in [-0.1, -0.05) is 42.5 Å². The highest BCUT2D eigenvalue weighted by molar-refractivity contribution is 6.11. The van der Waals surface area contributed by atoms with Crippen molar-refractivity contribution in [2.24, 2.45) is 0 Å². The molecule has 1 aromatic heterocycles. The zero-order chi connectivity index (χ0) is 20.0. The molecule has 0 aliphatic rings. The topological polar surface area (TPSA) is 74.0 Å². The van der Waals surface area contributed by atoms with Crippen molar-refractivity contribution in [1.29, 1.82) is 0 Å². The fourth-order valence-corrected chi connectivity index (χ4v) is 3.90. The van der Waals surface area contributed by atoms with Crippen molar-refractivity contribution < 1.29 is 4.79 Å². The largest absolute Gasteiger partial charge is 0.397 e. The maximum absolute atomic E-state index is 11.4. The van der Waals surface area contributed by atoms with Crippen molar-refractivity contribution in [2.75, 3.05) is 11.5 Å². The van der Waals surface area contributed by atoms with Crippen LogP contribution in [0.15, 0.2) is 84.9 Å². The van der Waals surface area contributed by atoms with Crippen LogP contribution < -0.4 is 11.5 Å². The van der Waals surface area contributed by atoms with Gasteiger partial charge in [0.05, 0.1) is 22.4 Å². The van der Waals surface area contributed by atoms with Gasteiger partial charge in [-0.15, -0.1) is 0 Å². The van der Waals surface area contributed by atoms with Crippen LogP contribution in [0.2, 0.25) is 0 Å². The number of nitrogens with two attached hydrogens (primary N) is 2. The summed E-state index contributed by atoms with van der Waals surface area (Å²) >= 11 is 0. The van der Waals surface area contributed by atoms with Crippen LogP contribution in [0.1, 0.15) is 10.4 Å². The average molecular weight is 377 g/mol.